The molecule has 2 rings (SSSR count). The maximum atomic E-state index is 12.7. The van der Waals surface area contributed by atoms with E-state index in [1.165, 1.54) is 12.1 Å². The van der Waals surface area contributed by atoms with E-state index in [0.29, 0.717) is 36.2 Å². The van der Waals surface area contributed by atoms with Crippen LogP contribution in [0.3, 0.4) is 0 Å². The molecule has 0 radical (unpaired) electrons. The number of anilines is 1. The third-order valence-corrected chi connectivity index (χ3v) is 3.87. The van der Waals surface area contributed by atoms with Gasteiger partial charge in [-0.1, -0.05) is 13.8 Å². The van der Waals surface area contributed by atoms with E-state index in [1.807, 2.05) is 0 Å². The zero-order valence-electron chi connectivity index (χ0n) is 12.6. The number of nitro benzene ring substituents is 1. The lowest BCUT2D eigenvalue weighted by atomic mass is 9.91. The molecule has 6 heteroatoms. The van der Waals surface area contributed by atoms with Crippen LogP contribution in [0.2, 0.25) is 0 Å². The van der Waals surface area contributed by atoms with E-state index in [2.05, 4.69) is 19.2 Å². The Morgan fingerprint density at radius 2 is 1.95 bits per heavy atom. The maximum Gasteiger partial charge on any atom is 0.270 e. The first-order chi connectivity index (χ1) is 9.92. The first-order valence-corrected chi connectivity index (χ1v) is 7.17. The molecule has 1 saturated heterocycles. The molecule has 2 atom stereocenters. The minimum absolute atomic E-state index is 0.0598. The second-order valence-corrected chi connectivity index (χ2v) is 5.89. The highest BCUT2D eigenvalue weighted by Gasteiger charge is 2.28. The van der Waals surface area contributed by atoms with E-state index in [0.717, 1.165) is 6.42 Å². The van der Waals surface area contributed by atoms with Crippen molar-refractivity contribution in [2.24, 2.45) is 11.8 Å². The Morgan fingerprint density at radius 3 is 2.48 bits per heavy atom. The SMILES string of the molecule is CNc1ccc([N+](=O)[O-])cc1C(=O)N1CC(C)CC(C)C1. The van der Waals surface area contributed by atoms with Crippen molar-refractivity contribution in [2.45, 2.75) is 20.3 Å². The number of piperidine rings is 1. The number of benzene rings is 1. The van der Waals surface area contributed by atoms with Crippen LogP contribution in [-0.2, 0) is 0 Å². The average Bonchev–Trinajstić information content (AvgIpc) is 2.44. The van der Waals surface area contributed by atoms with E-state index in [-0.39, 0.29) is 11.6 Å². The molecule has 0 bridgehead atoms. The first-order valence-electron chi connectivity index (χ1n) is 7.17. The number of nitro groups is 1. The number of hydrogen-bond donors (Lipinski definition) is 1. The third kappa shape index (κ3) is 3.32. The van der Waals surface area contributed by atoms with E-state index in [9.17, 15) is 14.9 Å². The van der Waals surface area contributed by atoms with E-state index in [1.54, 1.807) is 18.0 Å². The predicted molar refractivity (Wildman–Crippen MR) is 81.5 cm³/mol. The van der Waals surface area contributed by atoms with Crippen molar-refractivity contribution in [3.05, 3.63) is 33.9 Å². The highest BCUT2D eigenvalue weighted by Crippen LogP contribution is 2.27. The Morgan fingerprint density at radius 1 is 1.33 bits per heavy atom. The number of nitrogens with zero attached hydrogens (tertiary/aromatic N) is 2. The van der Waals surface area contributed by atoms with Crippen LogP contribution in [-0.4, -0.2) is 35.9 Å². The quantitative estimate of drug-likeness (QED) is 0.686. The Balaban J connectivity index is 2.32. The van der Waals surface area contributed by atoms with Gasteiger partial charge in [0, 0.05) is 38.0 Å². The minimum atomic E-state index is -0.475. The van der Waals surface area contributed by atoms with Gasteiger partial charge in [0.15, 0.2) is 0 Å². The van der Waals surface area contributed by atoms with Crippen molar-refractivity contribution in [1.82, 2.24) is 4.90 Å². The van der Waals surface area contributed by atoms with Gasteiger partial charge in [0.05, 0.1) is 10.5 Å². The molecular weight excluding hydrogens is 270 g/mol. The molecule has 0 aromatic heterocycles. The van der Waals surface area contributed by atoms with Crippen LogP contribution in [0.25, 0.3) is 0 Å². The molecule has 0 spiro atoms. The van der Waals surface area contributed by atoms with Gasteiger partial charge >= 0.3 is 0 Å². The molecule has 1 aliphatic rings. The second-order valence-electron chi connectivity index (χ2n) is 5.89. The zero-order chi connectivity index (χ0) is 15.6. The first kappa shape index (κ1) is 15.3. The topological polar surface area (TPSA) is 75.5 Å². The summed E-state index contributed by atoms with van der Waals surface area (Å²) in [7, 11) is 1.71. The predicted octanol–water partition coefficient (Wildman–Crippen LogP) is 2.75. The number of likely N-dealkylation sites (tertiary alicyclic amines) is 1. The average molecular weight is 291 g/mol. The Kier molecular flexibility index (Phi) is 4.45. The maximum absolute atomic E-state index is 12.7. The summed E-state index contributed by atoms with van der Waals surface area (Å²) in [5.74, 6) is 0.769. The van der Waals surface area contributed by atoms with Gasteiger partial charge in [0.2, 0.25) is 0 Å². The Labute approximate surface area is 124 Å². The summed E-state index contributed by atoms with van der Waals surface area (Å²) in [6.45, 7) is 5.66. The summed E-state index contributed by atoms with van der Waals surface area (Å²) in [5, 5.41) is 13.9. The van der Waals surface area contributed by atoms with E-state index in [4.69, 9.17) is 0 Å². The lowest BCUT2D eigenvalue weighted by Gasteiger charge is -2.35. The minimum Gasteiger partial charge on any atom is -0.387 e. The lowest BCUT2D eigenvalue weighted by Crippen LogP contribution is -2.42. The summed E-state index contributed by atoms with van der Waals surface area (Å²) in [6, 6.07) is 4.35. The van der Waals surface area contributed by atoms with Crippen LogP contribution in [0.5, 0.6) is 0 Å². The molecule has 1 N–H and O–H groups in total. The number of carbonyl (C=O) groups is 1. The van der Waals surface area contributed by atoms with Crippen molar-refractivity contribution in [3.8, 4) is 0 Å². The van der Waals surface area contributed by atoms with Crippen LogP contribution in [0, 0.1) is 22.0 Å². The highest BCUT2D eigenvalue weighted by atomic mass is 16.6. The van der Waals surface area contributed by atoms with Gasteiger partial charge in [-0.3, -0.25) is 14.9 Å². The van der Waals surface area contributed by atoms with Crippen LogP contribution in [0.4, 0.5) is 11.4 Å². The normalized spacial score (nSPS) is 22.0. The largest absolute Gasteiger partial charge is 0.387 e. The lowest BCUT2D eigenvalue weighted by molar-refractivity contribution is -0.384. The Bertz CT molecular complexity index is 549. The summed E-state index contributed by atoms with van der Waals surface area (Å²) < 4.78 is 0. The van der Waals surface area contributed by atoms with Gasteiger partial charge in [0.25, 0.3) is 11.6 Å². The fourth-order valence-corrected chi connectivity index (χ4v) is 3.04. The molecule has 1 aromatic rings. The van der Waals surface area contributed by atoms with Crippen LogP contribution in [0.1, 0.15) is 30.6 Å². The van der Waals surface area contributed by atoms with Crippen LogP contribution < -0.4 is 5.32 Å². The smallest absolute Gasteiger partial charge is 0.270 e. The number of rotatable bonds is 3. The molecule has 1 amide bonds. The molecular formula is C15H21N3O3. The standard InChI is InChI=1S/C15H21N3O3/c1-10-6-11(2)9-17(8-10)15(19)13-7-12(18(20)21)4-5-14(13)16-3/h4-5,7,10-11,16H,6,8-9H2,1-3H3. The molecule has 0 aliphatic carbocycles. The van der Waals surface area contributed by atoms with Gasteiger partial charge in [-0.2, -0.15) is 0 Å². The van der Waals surface area contributed by atoms with Gasteiger partial charge in [0.1, 0.15) is 0 Å². The molecule has 2 unspecified atom stereocenters. The fourth-order valence-electron chi connectivity index (χ4n) is 3.04. The fraction of sp³-hybridized carbons (Fsp3) is 0.533. The summed E-state index contributed by atoms with van der Waals surface area (Å²) in [5.41, 5.74) is 0.930. The van der Waals surface area contributed by atoms with Crippen LogP contribution in [0.15, 0.2) is 18.2 Å². The van der Waals surface area contributed by atoms with Crippen molar-refractivity contribution < 1.29 is 9.72 Å². The number of non-ortho nitro benzene ring substituents is 1. The zero-order valence-corrected chi connectivity index (χ0v) is 12.6. The van der Waals surface area contributed by atoms with Crippen molar-refractivity contribution in [2.75, 3.05) is 25.5 Å². The number of amides is 1. The monoisotopic (exact) mass is 291 g/mol. The molecule has 1 fully saturated rings. The van der Waals surface area contributed by atoms with E-state index < -0.39 is 4.92 Å². The molecule has 6 nitrogen and oxygen atoms in total. The number of carbonyl (C=O) groups excluding carboxylic acids is 1. The van der Waals surface area contributed by atoms with Gasteiger partial charge in [-0.05, 0) is 24.3 Å². The summed E-state index contributed by atoms with van der Waals surface area (Å²) in [4.78, 5) is 25.0. The van der Waals surface area contributed by atoms with Crippen molar-refractivity contribution >= 4 is 17.3 Å². The van der Waals surface area contributed by atoms with Crippen molar-refractivity contribution in [3.63, 3.8) is 0 Å². The van der Waals surface area contributed by atoms with Crippen LogP contribution >= 0.6 is 0 Å². The molecule has 21 heavy (non-hydrogen) atoms. The number of nitrogens with one attached hydrogen (secondary N) is 1. The van der Waals surface area contributed by atoms with Gasteiger partial charge in [-0.25, -0.2) is 0 Å². The summed E-state index contributed by atoms with van der Waals surface area (Å²) >= 11 is 0. The molecule has 1 aromatic carbocycles. The second kappa shape index (κ2) is 6.11. The molecule has 114 valence electrons. The molecule has 1 heterocycles. The summed E-state index contributed by atoms with van der Waals surface area (Å²) in [6.07, 6.45) is 1.11. The van der Waals surface area contributed by atoms with Gasteiger partial charge in [-0.15, -0.1) is 0 Å². The molecule has 1 aliphatic heterocycles. The van der Waals surface area contributed by atoms with Gasteiger partial charge < -0.3 is 10.2 Å². The highest BCUT2D eigenvalue weighted by molar-refractivity contribution is 6.00. The van der Waals surface area contributed by atoms with E-state index >= 15 is 0 Å². The number of hydrogen-bond acceptors (Lipinski definition) is 4. The van der Waals surface area contributed by atoms with Crippen molar-refractivity contribution in [1.29, 1.82) is 0 Å². The molecule has 0 saturated carbocycles. The third-order valence-electron chi connectivity index (χ3n) is 3.87. The Hall–Kier alpha value is -2.11.